The number of nitrogens with one attached hydrogen (secondary N) is 2. The molecule has 6 nitrogen and oxygen atoms in total. The Kier molecular flexibility index (Phi) is 6.91. The predicted molar refractivity (Wildman–Crippen MR) is 114 cm³/mol. The molecule has 1 saturated carbocycles. The van der Waals surface area contributed by atoms with E-state index in [0.29, 0.717) is 37.3 Å². The maximum Gasteiger partial charge on any atom is 0.240 e. The van der Waals surface area contributed by atoms with Gasteiger partial charge in [-0.1, -0.05) is 37.8 Å². The largest absolute Gasteiger partial charge is 0.352 e. The highest BCUT2D eigenvalue weighted by atomic mass is 35.5. The van der Waals surface area contributed by atoms with E-state index in [9.17, 15) is 9.59 Å². The standard InChI is InChI=1S/C20H27ClN4O2S/c1-2-17(26)24-14(12-23-19(27)20(22)8-4-3-5-9-20)11-18-25-15-7-6-13(21)10-16(15)28-18/h6-7,10,14H,2-5,8-9,11-12,22H2,1H3,(H,23,27)(H,24,26)/t14-/m0/s1. The summed E-state index contributed by atoms with van der Waals surface area (Å²) in [6, 6.07) is 5.36. The van der Waals surface area contributed by atoms with Gasteiger partial charge in [-0.3, -0.25) is 9.59 Å². The van der Waals surface area contributed by atoms with Crippen molar-refractivity contribution in [3.63, 3.8) is 0 Å². The van der Waals surface area contributed by atoms with Crippen molar-refractivity contribution < 1.29 is 9.59 Å². The Morgan fingerprint density at radius 1 is 1.32 bits per heavy atom. The highest BCUT2D eigenvalue weighted by Crippen LogP contribution is 2.27. The third-order valence-corrected chi connectivity index (χ3v) is 6.48. The number of halogens is 1. The van der Waals surface area contributed by atoms with Crippen LogP contribution >= 0.6 is 22.9 Å². The van der Waals surface area contributed by atoms with Gasteiger partial charge in [0.2, 0.25) is 11.8 Å². The number of carbonyl (C=O) groups excluding carboxylic acids is 2. The number of hydrogen-bond acceptors (Lipinski definition) is 5. The molecule has 0 spiro atoms. The summed E-state index contributed by atoms with van der Waals surface area (Å²) in [5.74, 6) is -0.178. The van der Waals surface area contributed by atoms with E-state index >= 15 is 0 Å². The van der Waals surface area contributed by atoms with Gasteiger partial charge in [0, 0.05) is 24.4 Å². The number of thiazole rings is 1. The molecule has 0 saturated heterocycles. The van der Waals surface area contributed by atoms with E-state index in [-0.39, 0.29) is 17.9 Å². The summed E-state index contributed by atoms with van der Waals surface area (Å²) < 4.78 is 1.01. The minimum atomic E-state index is -0.788. The quantitative estimate of drug-likeness (QED) is 0.638. The summed E-state index contributed by atoms with van der Waals surface area (Å²) in [6.45, 7) is 2.14. The zero-order valence-electron chi connectivity index (χ0n) is 16.1. The van der Waals surface area contributed by atoms with Gasteiger partial charge in [0.05, 0.1) is 26.8 Å². The molecule has 3 rings (SSSR count). The number of nitrogens with zero attached hydrogens (tertiary/aromatic N) is 1. The number of benzene rings is 1. The van der Waals surface area contributed by atoms with Crippen molar-refractivity contribution >= 4 is 45.0 Å². The Bertz CT molecular complexity index is 848. The van der Waals surface area contributed by atoms with Crippen LogP contribution in [0.3, 0.4) is 0 Å². The van der Waals surface area contributed by atoms with Crippen LogP contribution in [0.25, 0.3) is 10.2 Å². The van der Waals surface area contributed by atoms with E-state index in [1.165, 1.54) is 0 Å². The van der Waals surface area contributed by atoms with Gasteiger partial charge < -0.3 is 16.4 Å². The molecule has 0 aliphatic heterocycles. The number of fused-ring (bicyclic) bond motifs is 1. The Hall–Kier alpha value is -1.70. The number of aromatic nitrogens is 1. The Morgan fingerprint density at radius 3 is 2.79 bits per heavy atom. The first-order chi connectivity index (χ1) is 13.4. The molecule has 2 amide bonds. The molecule has 152 valence electrons. The van der Waals surface area contributed by atoms with Gasteiger partial charge in [0.25, 0.3) is 0 Å². The van der Waals surface area contributed by atoms with Crippen molar-refractivity contribution in [1.82, 2.24) is 15.6 Å². The van der Waals surface area contributed by atoms with Crippen LogP contribution in [0.4, 0.5) is 0 Å². The normalized spacial score (nSPS) is 17.2. The number of amides is 2. The first-order valence-corrected chi connectivity index (χ1v) is 11.0. The van der Waals surface area contributed by atoms with E-state index in [0.717, 1.165) is 34.5 Å². The summed E-state index contributed by atoms with van der Waals surface area (Å²) in [7, 11) is 0. The van der Waals surface area contributed by atoms with Gasteiger partial charge in [-0.2, -0.15) is 0 Å². The minimum absolute atomic E-state index is 0.0523. The summed E-state index contributed by atoms with van der Waals surface area (Å²) in [5, 5.41) is 7.52. The maximum absolute atomic E-state index is 12.6. The van der Waals surface area contributed by atoms with Gasteiger partial charge in [-0.05, 0) is 31.0 Å². The third kappa shape index (κ3) is 5.21. The van der Waals surface area contributed by atoms with E-state index in [1.807, 2.05) is 25.1 Å². The van der Waals surface area contributed by atoms with Crippen LogP contribution in [0, 0.1) is 0 Å². The van der Waals surface area contributed by atoms with Crippen LogP contribution in [-0.4, -0.2) is 34.9 Å². The molecule has 1 aliphatic rings. The lowest BCUT2D eigenvalue weighted by atomic mass is 9.82. The molecule has 0 radical (unpaired) electrons. The van der Waals surface area contributed by atoms with E-state index in [1.54, 1.807) is 11.3 Å². The summed E-state index contributed by atoms with van der Waals surface area (Å²) in [4.78, 5) is 29.2. The molecule has 0 unspecified atom stereocenters. The van der Waals surface area contributed by atoms with Crippen LogP contribution in [0.2, 0.25) is 5.02 Å². The van der Waals surface area contributed by atoms with Crippen molar-refractivity contribution in [3.8, 4) is 0 Å². The maximum atomic E-state index is 12.6. The molecule has 28 heavy (non-hydrogen) atoms. The molecule has 1 fully saturated rings. The summed E-state index contributed by atoms with van der Waals surface area (Å²) >= 11 is 7.61. The molecule has 1 heterocycles. The van der Waals surface area contributed by atoms with Crippen LogP contribution < -0.4 is 16.4 Å². The van der Waals surface area contributed by atoms with Crippen molar-refractivity contribution in [2.24, 2.45) is 5.73 Å². The van der Waals surface area contributed by atoms with Gasteiger partial charge in [-0.15, -0.1) is 11.3 Å². The van der Waals surface area contributed by atoms with Crippen molar-refractivity contribution in [1.29, 1.82) is 0 Å². The summed E-state index contributed by atoms with van der Waals surface area (Å²) in [6.07, 6.45) is 5.44. The lowest BCUT2D eigenvalue weighted by molar-refractivity contribution is -0.128. The minimum Gasteiger partial charge on any atom is -0.352 e. The second-order valence-corrected chi connectivity index (χ2v) is 9.02. The van der Waals surface area contributed by atoms with Gasteiger partial charge in [0.15, 0.2) is 0 Å². The molecule has 2 aromatic rings. The van der Waals surface area contributed by atoms with Crippen molar-refractivity contribution in [2.75, 3.05) is 6.54 Å². The third-order valence-electron chi connectivity index (χ3n) is 5.21. The van der Waals surface area contributed by atoms with Crippen molar-refractivity contribution in [3.05, 3.63) is 28.2 Å². The Balaban J connectivity index is 1.67. The first kappa shape index (κ1) is 21.0. The smallest absolute Gasteiger partial charge is 0.240 e. The lowest BCUT2D eigenvalue weighted by Crippen LogP contribution is -2.57. The SMILES string of the molecule is CCC(=O)N[C@H](CNC(=O)C1(N)CCCCC1)Cc1nc2ccc(Cl)cc2s1. The number of nitrogens with two attached hydrogens (primary N) is 1. The molecule has 4 N–H and O–H groups in total. The molecule has 1 atom stereocenters. The Labute approximate surface area is 174 Å². The summed E-state index contributed by atoms with van der Waals surface area (Å²) in [5.41, 5.74) is 6.41. The van der Waals surface area contributed by atoms with Crippen molar-refractivity contribution in [2.45, 2.75) is 63.5 Å². The zero-order valence-corrected chi connectivity index (χ0v) is 17.7. The Morgan fingerprint density at radius 2 is 2.07 bits per heavy atom. The molecule has 1 aromatic carbocycles. The first-order valence-electron chi connectivity index (χ1n) is 9.81. The fourth-order valence-electron chi connectivity index (χ4n) is 3.55. The van der Waals surface area contributed by atoms with E-state index < -0.39 is 5.54 Å². The van der Waals surface area contributed by atoms with Gasteiger partial charge in [-0.25, -0.2) is 4.98 Å². The zero-order chi connectivity index (χ0) is 20.1. The number of hydrogen-bond donors (Lipinski definition) is 3. The fraction of sp³-hybridized carbons (Fsp3) is 0.550. The highest BCUT2D eigenvalue weighted by molar-refractivity contribution is 7.18. The monoisotopic (exact) mass is 422 g/mol. The average molecular weight is 423 g/mol. The van der Waals surface area contributed by atoms with Crippen LogP contribution in [-0.2, 0) is 16.0 Å². The molecular formula is C20H27ClN4O2S. The topological polar surface area (TPSA) is 97.1 Å². The number of carbonyl (C=O) groups is 2. The highest BCUT2D eigenvalue weighted by Gasteiger charge is 2.35. The molecule has 8 heteroatoms. The molecular weight excluding hydrogens is 396 g/mol. The van der Waals surface area contributed by atoms with Gasteiger partial charge in [0.1, 0.15) is 0 Å². The average Bonchev–Trinajstić information content (AvgIpc) is 3.07. The van der Waals surface area contributed by atoms with E-state index in [2.05, 4.69) is 15.6 Å². The fourth-order valence-corrected chi connectivity index (χ4v) is 4.87. The second-order valence-electron chi connectivity index (χ2n) is 7.47. The van der Waals surface area contributed by atoms with E-state index in [4.69, 9.17) is 17.3 Å². The van der Waals surface area contributed by atoms with Crippen LogP contribution in [0.15, 0.2) is 18.2 Å². The van der Waals surface area contributed by atoms with Crippen LogP contribution in [0.1, 0.15) is 50.5 Å². The molecule has 1 aromatic heterocycles. The van der Waals surface area contributed by atoms with Crippen LogP contribution in [0.5, 0.6) is 0 Å². The molecule has 1 aliphatic carbocycles. The number of rotatable bonds is 7. The van der Waals surface area contributed by atoms with Gasteiger partial charge >= 0.3 is 0 Å². The predicted octanol–water partition coefficient (Wildman–Crippen LogP) is 3.16. The lowest BCUT2D eigenvalue weighted by Gasteiger charge is -2.32. The molecule has 0 bridgehead atoms. The second kappa shape index (κ2) is 9.20.